The fourth-order valence-corrected chi connectivity index (χ4v) is 5.79. The van der Waals surface area contributed by atoms with Crippen LogP contribution in [-0.2, 0) is 17.8 Å². The summed E-state index contributed by atoms with van der Waals surface area (Å²) in [6.45, 7) is 1.58. The second-order valence-electron chi connectivity index (χ2n) is 11.4. The Morgan fingerprint density at radius 2 is 1.93 bits per heavy atom. The Morgan fingerprint density at radius 3 is 2.61 bits per heavy atom. The largest absolute Gasteiger partial charge is 0.482 e. The Bertz CT molecular complexity index is 2010. The fraction of sp³-hybridized carbons (Fsp3) is 0.250. The Kier molecular flexibility index (Phi) is 7.15. The molecule has 0 saturated heterocycles. The molecule has 2 aliphatic rings. The zero-order valence-corrected chi connectivity index (χ0v) is 25.0. The van der Waals surface area contributed by atoms with Gasteiger partial charge in [-0.1, -0.05) is 17.7 Å². The van der Waals surface area contributed by atoms with Crippen LogP contribution in [0.1, 0.15) is 53.2 Å². The summed E-state index contributed by atoms with van der Waals surface area (Å²) in [5.41, 5.74) is 8.80. The number of nitrogens with zero attached hydrogens (tertiary/aromatic N) is 6. The number of alkyl halides is 2. The van der Waals surface area contributed by atoms with Gasteiger partial charge in [-0.2, -0.15) is 8.78 Å². The van der Waals surface area contributed by atoms with Crippen molar-refractivity contribution < 1.29 is 27.5 Å². The maximum atomic E-state index is 15.0. The number of carbonyl (C=O) groups excluding carboxylic acids is 2. The molecule has 7 rings (SSSR count). The molecule has 234 valence electrons. The summed E-state index contributed by atoms with van der Waals surface area (Å²) < 4.78 is 50.3. The SMILES string of the molecule is C[C@H](c1ccc(F)cn1)n1cnc2c(-c3ccc4c(c3)OC(F)(F)C(=O)N4Cc3ccc(Cl)cn3)c(C(N)=O)c(CC3CC3)nc21. The number of pyridine rings is 3. The number of hydrogen-bond donors (Lipinski definition) is 1. The van der Waals surface area contributed by atoms with E-state index in [1.807, 2.05) is 6.92 Å². The molecule has 0 bridgehead atoms. The molecule has 5 heterocycles. The van der Waals surface area contributed by atoms with Gasteiger partial charge in [0.1, 0.15) is 11.3 Å². The van der Waals surface area contributed by atoms with Crippen molar-refractivity contribution in [3.63, 3.8) is 0 Å². The lowest BCUT2D eigenvalue weighted by Gasteiger charge is -2.33. The van der Waals surface area contributed by atoms with Crippen LogP contribution in [0.3, 0.4) is 0 Å². The van der Waals surface area contributed by atoms with E-state index in [0.29, 0.717) is 56.7 Å². The summed E-state index contributed by atoms with van der Waals surface area (Å²) in [6, 6.07) is 9.91. The second-order valence-corrected chi connectivity index (χ2v) is 11.8. The van der Waals surface area contributed by atoms with Crippen LogP contribution >= 0.6 is 11.6 Å². The molecule has 2 amide bonds. The highest BCUT2D eigenvalue weighted by Gasteiger charge is 2.50. The topological polar surface area (TPSA) is 129 Å². The smallest absolute Gasteiger partial charge is 0.423 e. The Hall–Kier alpha value is -5.04. The molecule has 5 aromatic rings. The molecule has 4 aromatic heterocycles. The number of amides is 2. The molecule has 0 radical (unpaired) electrons. The molecule has 1 fully saturated rings. The summed E-state index contributed by atoms with van der Waals surface area (Å²) in [7, 11) is 0. The minimum Gasteiger partial charge on any atom is -0.423 e. The van der Waals surface area contributed by atoms with E-state index in [1.54, 1.807) is 22.8 Å². The van der Waals surface area contributed by atoms with E-state index in [-0.39, 0.29) is 23.5 Å². The summed E-state index contributed by atoms with van der Waals surface area (Å²) in [6.07, 6.45) is 2.25. The van der Waals surface area contributed by atoms with Gasteiger partial charge >= 0.3 is 12.0 Å². The van der Waals surface area contributed by atoms with Gasteiger partial charge in [0.2, 0.25) is 0 Å². The molecule has 1 aliphatic heterocycles. The number of hydrogen-bond acceptors (Lipinski definition) is 7. The first-order valence-electron chi connectivity index (χ1n) is 14.4. The van der Waals surface area contributed by atoms with Crippen molar-refractivity contribution >= 4 is 40.3 Å². The van der Waals surface area contributed by atoms with E-state index in [4.69, 9.17) is 27.1 Å². The Labute approximate surface area is 265 Å². The zero-order chi connectivity index (χ0) is 32.3. The summed E-state index contributed by atoms with van der Waals surface area (Å²) in [5, 5.41) is 0.355. The van der Waals surface area contributed by atoms with Crippen LogP contribution in [0.25, 0.3) is 22.3 Å². The predicted molar refractivity (Wildman–Crippen MR) is 162 cm³/mol. The number of imidazole rings is 1. The molecular formula is C32H25ClF3N7O3. The molecule has 1 atom stereocenters. The number of benzene rings is 1. The summed E-state index contributed by atoms with van der Waals surface area (Å²) in [5.74, 6) is -2.76. The van der Waals surface area contributed by atoms with Crippen LogP contribution < -0.4 is 15.4 Å². The number of anilines is 1. The molecule has 10 nitrogen and oxygen atoms in total. The van der Waals surface area contributed by atoms with Crippen molar-refractivity contribution in [2.24, 2.45) is 11.7 Å². The van der Waals surface area contributed by atoms with Crippen molar-refractivity contribution in [3.05, 3.63) is 94.7 Å². The number of halogens is 4. The van der Waals surface area contributed by atoms with E-state index in [9.17, 15) is 22.8 Å². The van der Waals surface area contributed by atoms with E-state index < -0.39 is 29.8 Å². The van der Waals surface area contributed by atoms with Gasteiger partial charge in [-0.25, -0.2) is 14.4 Å². The van der Waals surface area contributed by atoms with Gasteiger partial charge in [0.05, 0.1) is 58.5 Å². The molecule has 1 aliphatic carbocycles. The molecule has 14 heteroatoms. The second kappa shape index (κ2) is 11.1. The highest BCUT2D eigenvalue weighted by molar-refractivity contribution is 6.30. The third kappa shape index (κ3) is 5.30. The third-order valence-electron chi connectivity index (χ3n) is 8.19. The number of carbonyl (C=O) groups is 2. The first-order chi connectivity index (χ1) is 22.0. The van der Waals surface area contributed by atoms with Gasteiger partial charge < -0.3 is 15.0 Å². The number of rotatable bonds is 8. The number of fused-ring (bicyclic) bond motifs is 2. The maximum absolute atomic E-state index is 15.0. The number of nitrogens with two attached hydrogens (primary N) is 1. The van der Waals surface area contributed by atoms with Crippen molar-refractivity contribution in [2.75, 3.05) is 4.90 Å². The molecular weight excluding hydrogens is 623 g/mol. The van der Waals surface area contributed by atoms with Gasteiger partial charge in [-0.15, -0.1) is 0 Å². The quantitative estimate of drug-likeness (QED) is 0.223. The highest BCUT2D eigenvalue weighted by atomic mass is 35.5. The lowest BCUT2D eigenvalue weighted by atomic mass is 9.94. The minimum absolute atomic E-state index is 0.0853. The summed E-state index contributed by atoms with van der Waals surface area (Å²) in [4.78, 5) is 44.5. The van der Waals surface area contributed by atoms with Crippen LogP contribution in [-0.4, -0.2) is 42.4 Å². The Balaban J connectivity index is 1.39. The molecule has 1 aromatic carbocycles. The van der Waals surface area contributed by atoms with Gasteiger partial charge in [-0.05, 0) is 74.1 Å². The van der Waals surface area contributed by atoms with E-state index in [1.165, 1.54) is 36.8 Å². The first-order valence-corrected chi connectivity index (χ1v) is 14.8. The average Bonchev–Trinajstić information content (AvgIpc) is 3.74. The van der Waals surface area contributed by atoms with Crippen molar-refractivity contribution in [1.29, 1.82) is 0 Å². The first kappa shape index (κ1) is 29.7. The lowest BCUT2D eigenvalue weighted by molar-refractivity contribution is -0.193. The lowest BCUT2D eigenvalue weighted by Crippen LogP contribution is -2.50. The average molecular weight is 648 g/mol. The van der Waals surface area contributed by atoms with Crippen LogP contribution in [0.15, 0.2) is 61.2 Å². The third-order valence-corrected chi connectivity index (χ3v) is 8.41. The van der Waals surface area contributed by atoms with Crippen molar-refractivity contribution in [1.82, 2.24) is 24.5 Å². The van der Waals surface area contributed by atoms with Gasteiger partial charge in [0.25, 0.3) is 5.91 Å². The fourth-order valence-electron chi connectivity index (χ4n) is 5.68. The molecule has 0 spiro atoms. The molecule has 2 N–H and O–H groups in total. The van der Waals surface area contributed by atoms with Crippen molar-refractivity contribution in [2.45, 2.75) is 44.9 Å². The van der Waals surface area contributed by atoms with Gasteiger partial charge in [0, 0.05) is 11.8 Å². The number of ether oxygens (including phenoxy) is 1. The van der Waals surface area contributed by atoms with E-state index >= 15 is 0 Å². The van der Waals surface area contributed by atoms with Crippen LogP contribution in [0, 0.1) is 11.7 Å². The standard InChI is InChI=1S/C32H25ClF3N7O3/c1-16(22-8-6-20(34)13-39-22)43-15-40-28-26(27(29(37)44)23(41-30(28)43)10-17-2-3-17)18-4-9-24-25(11-18)46-32(35,36)31(45)42(24)14-21-7-5-19(33)12-38-21/h4-9,11-13,15-17H,2-3,10,14H2,1H3,(H2,37,44)/t16-/m1/s1. The molecule has 1 saturated carbocycles. The number of aromatic nitrogens is 5. The van der Waals surface area contributed by atoms with Gasteiger partial charge in [-0.3, -0.25) is 24.5 Å². The minimum atomic E-state index is -4.17. The monoisotopic (exact) mass is 647 g/mol. The maximum Gasteiger partial charge on any atom is 0.482 e. The highest BCUT2D eigenvalue weighted by Crippen LogP contribution is 2.45. The summed E-state index contributed by atoms with van der Waals surface area (Å²) >= 11 is 5.92. The van der Waals surface area contributed by atoms with Crippen LogP contribution in [0.2, 0.25) is 5.02 Å². The zero-order valence-electron chi connectivity index (χ0n) is 24.3. The predicted octanol–water partition coefficient (Wildman–Crippen LogP) is 5.86. The molecule has 46 heavy (non-hydrogen) atoms. The van der Waals surface area contributed by atoms with E-state index in [2.05, 4.69) is 15.0 Å². The molecule has 0 unspecified atom stereocenters. The Morgan fingerprint density at radius 1 is 1.13 bits per heavy atom. The van der Waals surface area contributed by atoms with Gasteiger partial charge in [0.15, 0.2) is 11.4 Å². The number of primary amides is 1. The van der Waals surface area contributed by atoms with Crippen LogP contribution in [0.4, 0.5) is 18.9 Å². The van der Waals surface area contributed by atoms with E-state index in [0.717, 1.165) is 23.9 Å². The normalized spacial score (nSPS) is 16.3. The van der Waals surface area contributed by atoms with Crippen molar-refractivity contribution in [3.8, 4) is 16.9 Å². The van der Waals surface area contributed by atoms with Crippen LogP contribution in [0.5, 0.6) is 5.75 Å².